The zero-order valence-corrected chi connectivity index (χ0v) is 11.2. The first-order valence-electron chi connectivity index (χ1n) is 6.03. The number of rotatable bonds is 6. The second kappa shape index (κ2) is 6.56. The highest BCUT2D eigenvalue weighted by atomic mass is 32.2. The lowest BCUT2D eigenvalue weighted by Crippen LogP contribution is -1.95. The lowest BCUT2D eigenvalue weighted by atomic mass is 10.1. The number of hydrogen-bond donors (Lipinski definition) is 1. The average Bonchev–Trinajstić information content (AvgIpc) is 2.88. The molecule has 0 spiro atoms. The molecule has 1 heterocycles. The molecular weight excluding hydrogens is 246 g/mol. The Kier molecular flexibility index (Phi) is 4.78. The third-order valence-electron chi connectivity index (χ3n) is 2.48. The topological polar surface area (TPSA) is 64.9 Å². The lowest BCUT2D eigenvalue weighted by Gasteiger charge is -1.97. The quantitative estimate of drug-likeness (QED) is 0.812. The van der Waals surface area contributed by atoms with Gasteiger partial charge in [0.2, 0.25) is 0 Å². The van der Waals surface area contributed by atoms with Gasteiger partial charge in [-0.05, 0) is 29.9 Å². The minimum Gasteiger partial charge on any atom is -0.334 e. The summed E-state index contributed by atoms with van der Waals surface area (Å²) in [5.74, 6) is 3.25. The molecule has 1 aromatic heterocycles. The van der Waals surface area contributed by atoms with Gasteiger partial charge in [-0.15, -0.1) is 0 Å². The second-order valence-corrected chi connectivity index (χ2v) is 5.07. The maximum atomic E-state index is 5.56. The molecule has 0 aliphatic carbocycles. The highest BCUT2D eigenvalue weighted by Gasteiger charge is 2.08. The molecule has 2 N–H and O–H groups in total. The Morgan fingerprint density at radius 3 is 2.72 bits per heavy atom. The third kappa shape index (κ3) is 3.34. The summed E-state index contributed by atoms with van der Waals surface area (Å²) in [6.45, 7) is 2.71. The zero-order valence-electron chi connectivity index (χ0n) is 10.4. The molecule has 1 aromatic carbocycles. The molecule has 96 valence electrons. The monoisotopic (exact) mass is 263 g/mol. The fraction of sp³-hybridized carbons (Fsp3) is 0.385. The minimum absolute atomic E-state index is 0.545. The van der Waals surface area contributed by atoms with Crippen molar-refractivity contribution in [2.24, 2.45) is 5.73 Å². The fourth-order valence-electron chi connectivity index (χ4n) is 1.52. The van der Waals surface area contributed by atoms with Crippen LogP contribution < -0.4 is 5.73 Å². The van der Waals surface area contributed by atoms with Crippen LogP contribution in [0.1, 0.15) is 24.7 Å². The second-order valence-electron chi connectivity index (χ2n) is 3.97. The number of benzene rings is 1. The van der Waals surface area contributed by atoms with Crippen molar-refractivity contribution in [1.82, 2.24) is 10.1 Å². The summed E-state index contributed by atoms with van der Waals surface area (Å²) in [7, 11) is 0. The van der Waals surface area contributed by atoms with E-state index in [2.05, 4.69) is 17.1 Å². The van der Waals surface area contributed by atoms with Crippen molar-refractivity contribution in [1.29, 1.82) is 0 Å². The van der Waals surface area contributed by atoms with Crippen molar-refractivity contribution in [2.75, 3.05) is 5.75 Å². The van der Waals surface area contributed by atoms with Crippen LogP contribution in [0.4, 0.5) is 0 Å². The molecular formula is C13H17N3OS. The van der Waals surface area contributed by atoms with E-state index in [9.17, 15) is 0 Å². The minimum atomic E-state index is 0.545. The van der Waals surface area contributed by atoms with Crippen molar-refractivity contribution in [3.63, 3.8) is 0 Å². The van der Waals surface area contributed by atoms with Crippen molar-refractivity contribution in [3.8, 4) is 11.5 Å². The summed E-state index contributed by atoms with van der Waals surface area (Å²) in [6, 6.07) is 7.87. The Hall–Kier alpha value is -1.33. The maximum absolute atomic E-state index is 5.56. The molecule has 0 saturated carbocycles. The molecule has 0 amide bonds. The van der Waals surface area contributed by atoms with Crippen LogP contribution >= 0.6 is 11.8 Å². The van der Waals surface area contributed by atoms with E-state index in [1.807, 2.05) is 36.0 Å². The Bertz CT molecular complexity index is 481. The molecule has 0 unspecified atom stereocenters. The van der Waals surface area contributed by atoms with Crippen molar-refractivity contribution < 1.29 is 4.52 Å². The van der Waals surface area contributed by atoms with Gasteiger partial charge in [-0.3, -0.25) is 0 Å². The highest BCUT2D eigenvalue weighted by Crippen LogP contribution is 2.19. The van der Waals surface area contributed by atoms with Crippen molar-refractivity contribution in [3.05, 3.63) is 35.7 Å². The molecule has 2 aromatic rings. The maximum Gasteiger partial charge on any atom is 0.257 e. The van der Waals surface area contributed by atoms with Gasteiger partial charge in [0.15, 0.2) is 5.82 Å². The fourth-order valence-corrected chi connectivity index (χ4v) is 2.25. The van der Waals surface area contributed by atoms with E-state index in [0.29, 0.717) is 12.4 Å². The predicted molar refractivity (Wildman–Crippen MR) is 74.1 cm³/mol. The van der Waals surface area contributed by atoms with E-state index in [4.69, 9.17) is 10.3 Å². The Morgan fingerprint density at radius 1 is 1.28 bits per heavy atom. The van der Waals surface area contributed by atoms with Crippen LogP contribution in [-0.4, -0.2) is 15.9 Å². The number of thioether (sulfide) groups is 1. The zero-order chi connectivity index (χ0) is 12.8. The molecule has 5 heteroatoms. The molecule has 0 aliphatic rings. The Morgan fingerprint density at radius 2 is 2.06 bits per heavy atom. The van der Waals surface area contributed by atoms with Crippen LogP contribution in [0.3, 0.4) is 0 Å². The molecule has 0 saturated heterocycles. The van der Waals surface area contributed by atoms with E-state index >= 15 is 0 Å². The third-order valence-corrected chi connectivity index (χ3v) is 3.64. The molecule has 4 nitrogen and oxygen atoms in total. The van der Waals surface area contributed by atoms with Gasteiger partial charge in [-0.1, -0.05) is 24.2 Å². The van der Waals surface area contributed by atoms with Gasteiger partial charge < -0.3 is 10.3 Å². The standard InChI is InChI=1S/C13H17N3OS/c1-2-7-18-9-12-15-13(17-16-12)11-5-3-10(8-14)4-6-11/h3-6H,2,7-9,14H2,1H3. The van der Waals surface area contributed by atoms with Crippen LogP contribution in [0.5, 0.6) is 0 Å². The van der Waals surface area contributed by atoms with E-state index in [-0.39, 0.29) is 0 Å². The van der Waals surface area contributed by atoms with Gasteiger partial charge in [-0.2, -0.15) is 16.7 Å². The first-order chi connectivity index (χ1) is 8.83. The van der Waals surface area contributed by atoms with Crippen LogP contribution in [-0.2, 0) is 12.3 Å². The summed E-state index contributed by atoms with van der Waals surface area (Å²) in [6.07, 6.45) is 1.16. The van der Waals surface area contributed by atoms with E-state index in [1.54, 1.807) is 0 Å². The van der Waals surface area contributed by atoms with Gasteiger partial charge in [0.05, 0.1) is 5.75 Å². The smallest absolute Gasteiger partial charge is 0.257 e. The average molecular weight is 263 g/mol. The molecule has 0 bridgehead atoms. The number of nitrogens with zero attached hydrogens (tertiary/aromatic N) is 2. The van der Waals surface area contributed by atoms with E-state index in [1.165, 1.54) is 0 Å². The van der Waals surface area contributed by atoms with E-state index < -0.39 is 0 Å². The summed E-state index contributed by atoms with van der Waals surface area (Å²) in [4.78, 5) is 4.38. The molecule has 2 rings (SSSR count). The predicted octanol–water partition coefficient (Wildman–Crippen LogP) is 2.84. The molecule has 0 fully saturated rings. The summed E-state index contributed by atoms with van der Waals surface area (Å²) < 4.78 is 5.25. The van der Waals surface area contributed by atoms with Gasteiger partial charge in [-0.25, -0.2) is 0 Å². The summed E-state index contributed by atoms with van der Waals surface area (Å²) >= 11 is 1.82. The van der Waals surface area contributed by atoms with Crippen molar-refractivity contribution in [2.45, 2.75) is 25.6 Å². The van der Waals surface area contributed by atoms with Gasteiger partial charge in [0.25, 0.3) is 5.89 Å². The summed E-state index contributed by atoms with van der Waals surface area (Å²) in [5, 5.41) is 3.98. The SMILES string of the molecule is CCCSCc1noc(-c2ccc(CN)cc2)n1. The highest BCUT2D eigenvalue weighted by molar-refractivity contribution is 7.98. The van der Waals surface area contributed by atoms with E-state index in [0.717, 1.165) is 34.9 Å². The van der Waals surface area contributed by atoms with Crippen LogP contribution in [0.25, 0.3) is 11.5 Å². The van der Waals surface area contributed by atoms with Crippen LogP contribution in [0, 0.1) is 0 Å². The number of hydrogen-bond acceptors (Lipinski definition) is 5. The molecule has 18 heavy (non-hydrogen) atoms. The molecule has 0 radical (unpaired) electrons. The van der Waals surface area contributed by atoms with Crippen LogP contribution in [0.15, 0.2) is 28.8 Å². The number of aromatic nitrogens is 2. The van der Waals surface area contributed by atoms with Gasteiger partial charge in [0.1, 0.15) is 0 Å². The first kappa shape index (κ1) is 13.1. The molecule has 0 atom stereocenters. The van der Waals surface area contributed by atoms with Gasteiger partial charge >= 0.3 is 0 Å². The summed E-state index contributed by atoms with van der Waals surface area (Å²) in [5.41, 5.74) is 7.59. The lowest BCUT2D eigenvalue weighted by molar-refractivity contribution is 0.425. The Labute approximate surface area is 111 Å². The molecule has 0 aliphatic heterocycles. The van der Waals surface area contributed by atoms with Gasteiger partial charge in [0, 0.05) is 12.1 Å². The number of nitrogens with two attached hydrogens (primary N) is 1. The Balaban J connectivity index is 2.04. The van der Waals surface area contributed by atoms with Crippen molar-refractivity contribution >= 4 is 11.8 Å². The first-order valence-corrected chi connectivity index (χ1v) is 7.18. The normalized spacial score (nSPS) is 10.8. The largest absolute Gasteiger partial charge is 0.334 e. The van der Waals surface area contributed by atoms with Crippen LogP contribution in [0.2, 0.25) is 0 Å².